The van der Waals surface area contributed by atoms with Gasteiger partial charge in [-0.3, -0.25) is 9.48 Å². The van der Waals surface area contributed by atoms with Crippen LogP contribution < -0.4 is 0 Å². The number of Topliss-reactive ketones (excluding diaryl/α,β-unsaturated/α-hetero) is 1. The van der Waals surface area contributed by atoms with Gasteiger partial charge in [0.1, 0.15) is 6.10 Å². The van der Waals surface area contributed by atoms with Gasteiger partial charge in [-0.2, -0.15) is 5.10 Å². The van der Waals surface area contributed by atoms with Crippen LogP contribution in [0.25, 0.3) is 0 Å². The fourth-order valence-corrected chi connectivity index (χ4v) is 1.79. The van der Waals surface area contributed by atoms with Gasteiger partial charge in [-0.05, 0) is 19.4 Å². The van der Waals surface area contributed by atoms with E-state index in [-0.39, 0.29) is 11.9 Å². The summed E-state index contributed by atoms with van der Waals surface area (Å²) >= 11 is 0. The molecular weight excluding hydrogens is 204 g/mol. The summed E-state index contributed by atoms with van der Waals surface area (Å²) in [6.45, 7) is 3.97. The molecule has 0 fully saturated rings. The second kappa shape index (κ2) is 5.80. The Morgan fingerprint density at radius 1 is 1.62 bits per heavy atom. The zero-order valence-electron chi connectivity index (χ0n) is 10.5. The van der Waals surface area contributed by atoms with Crippen LogP contribution in [0.2, 0.25) is 0 Å². The number of carbonyl (C=O) groups is 1. The Hall–Kier alpha value is -1.16. The number of hydrogen-bond donors (Lipinski definition) is 0. The summed E-state index contributed by atoms with van der Waals surface area (Å²) in [5, 5.41) is 4.22. The standard InChI is InChI=1S/C12H20N2O2/c1-5-6-12(16-4)11(15)8-10-7-9(2)13-14(10)3/h7,12H,5-6,8H2,1-4H3. The van der Waals surface area contributed by atoms with Crippen molar-refractivity contribution >= 4 is 5.78 Å². The third-order valence-electron chi connectivity index (χ3n) is 2.65. The van der Waals surface area contributed by atoms with Gasteiger partial charge in [-0.25, -0.2) is 0 Å². The molecule has 0 aliphatic heterocycles. The lowest BCUT2D eigenvalue weighted by Gasteiger charge is -2.12. The lowest BCUT2D eigenvalue weighted by molar-refractivity contribution is -0.128. The van der Waals surface area contributed by atoms with Crippen LogP contribution >= 0.6 is 0 Å². The quantitative estimate of drug-likeness (QED) is 0.738. The molecule has 0 radical (unpaired) electrons. The van der Waals surface area contributed by atoms with Crippen LogP contribution in [0, 0.1) is 6.92 Å². The van der Waals surface area contributed by atoms with E-state index in [0.717, 1.165) is 24.2 Å². The highest BCUT2D eigenvalue weighted by Crippen LogP contribution is 2.09. The van der Waals surface area contributed by atoms with E-state index in [4.69, 9.17) is 4.74 Å². The van der Waals surface area contributed by atoms with E-state index in [1.165, 1.54) is 0 Å². The number of ketones is 1. The average molecular weight is 224 g/mol. The largest absolute Gasteiger partial charge is 0.374 e. The Balaban J connectivity index is 2.66. The van der Waals surface area contributed by atoms with Crippen molar-refractivity contribution in [2.24, 2.45) is 7.05 Å². The molecule has 0 saturated heterocycles. The summed E-state index contributed by atoms with van der Waals surface area (Å²) in [6.07, 6.45) is 1.86. The topological polar surface area (TPSA) is 44.1 Å². The second-order valence-corrected chi connectivity index (χ2v) is 4.06. The zero-order chi connectivity index (χ0) is 12.1. The van der Waals surface area contributed by atoms with Gasteiger partial charge >= 0.3 is 0 Å². The highest BCUT2D eigenvalue weighted by Gasteiger charge is 2.18. The minimum Gasteiger partial charge on any atom is -0.374 e. The van der Waals surface area contributed by atoms with E-state index in [1.807, 2.05) is 27.0 Å². The first-order valence-electron chi connectivity index (χ1n) is 5.63. The number of aryl methyl sites for hydroxylation is 2. The Bertz CT molecular complexity index is 358. The molecule has 1 aromatic rings. The maximum Gasteiger partial charge on any atom is 0.167 e. The fraction of sp³-hybridized carbons (Fsp3) is 0.667. The summed E-state index contributed by atoms with van der Waals surface area (Å²) < 4.78 is 6.95. The molecule has 0 aliphatic carbocycles. The summed E-state index contributed by atoms with van der Waals surface area (Å²) in [7, 11) is 3.45. The van der Waals surface area contributed by atoms with Gasteiger partial charge in [0.05, 0.1) is 12.1 Å². The molecule has 1 rings (SSSR count). The molecule has 0 saturated carbocycles. The Morgan fingerprint density at radius 2 is 2.31 bits per heavy atom. The number of carbonyl (C=O) groups excluding carboxylic acids is 1. The highest BCUT2D eigenvalue weighted by molar-refractivity contribution is 5.84. The van der Waals surface area contributed by atoms with Crippen molar-refractivity contribution in [3.63, 3.8) is 0 Å². The average Bonchev–Trinajstić information content (AvgIpc) is 2.53. The maximum absolute atomic E-state index is 11.9. The van der Waals surface area contributed by atoms with Crippen molar-refractivity contribution in [2.75, 3.05) is 7.11 Å². The molecule has 1 aromatic heterocycles. The molecule has 4 heteroatoms. The van der Waals surface area contributed by atoms with Gasteiger partial charge < -0.3 is 4.74 Å². The number of methoxy groups -OCH3 is 1. The molecule has 1 atom stereocenters. The normalized spacial score (nSPS) is 12.8. The predicted octanol–water partition coefficient (Wildman–Crippen LogP) is 1.66. The number of ether oxygens (including phenoxy) is 1. The molecule has 1 heterocycles. The van der Waals surface area contributed by atoms with E-state index in [1.54, 1.807) is 11.8 Å². The van der Waals surface area contributed by atoms with Crippen LogP contribution in [0.4, 0.5) is 0 Å². The predicted molar refractivity (Wildman–Crippen MR) is 62.4 cm³/mol. The van der Waals surface area contributed by atoms with Crippen LogP contribution in [-0.2, 0) is 23.0 Å². The molecule has 16 heavy (non-hydrogen) atoms. The lowest BCUT2D eigenvalue weighted by atomic mass is 10.1. The van der Waals surface area contributed by atoms with Crippen LogP contribution in [0.15, 0.2) is 6.07 Å². The second-order valence-electron chi connectivity index (χ2n) is 4.06. The van der Waals surface area contributed by atoms with E-state index >= 15 is 0 Å². The summed E-state index contributed by atoms with van der Waals surface area (Å²) in [5.74, 6) is 0.132. The SMILES string of the molecule is CCCC(OC)C(=O)Cc1cc(C)nn1C. The van der Waals surface area contributed by atoms with Gasteiger partial charge in [0.25, 0.3) is 0 Å². The monoisotopic (exact) mass is 224 g/mol. The third kappa shape index (κ3) is 3.17. The first kappa shape index (κ1) is 12.9. The van der Waals surface area contributed by atoms with Gasteiger partial charge in [-0.15, -0.1) is 0 Å². The minimum absolute atomic E-state index is 0.132. The van der Waals surface area contributed by atoms with Crippen molar-refractivity contribution in [3.8, 4) is 0 Å². The van der Waals surface area contributed by atoms with Crippen molar-refractivity contribution in [1.29, 1.82) is 0 Å². The van der Waals surface area contributed by atoms with Crippen molar-refractivity contribution in [1.82, 2.24) is 9.78 Å². The molecule has 1 unspecified atom stereocenters. The van der Waals surface area contributed by atoms with Crippen LogP contribution in [0.1, 0.15) is 31.2 Å². The number of hydrogen-bond acceptors (Lipinski definition) is 3. The maximum atomic E-state index is 11.9. The van der Waals surface area contributed by atoms with E-state index < -0.39 is 0 Å². The van der Waals surface area contributed by atoms with Gasteiger partial charge in [0.15, 0.2) is 5.78 Å². The number of aromatic nitrogens is 2. The van der Waals surface area contributed by atoms with Crippen molar-refractivity contribution in [2.45, 2.75) is 39.2 Å². The van der Waals surface area contributed by atoms with Gasteiger partial charge in [0, 0.05) is 19.9 Å². The van der Waals surface area contributed by atoms with Crippen LogP contribution in [0.5, 0.6) is 0 Å². The molecule has 0 spiro atoms. The summed E-state index contributed by atoms with van der Waals surface area (Å²) in [4.78, 5) is 11.9. The summed E-state index contributed by atoms with van der Waals surface area (Å²) in [5.41, 5.74) is 1.88. The Morgan fingerprint density at radius 3 is 2.75 bits per heavy atom. The first-order chi connectivity index (χ1) is 7.58. The van der Waals surface area contributed by atoms with Crippen LogP contribution in [-0.4, -0.2) is 28.8 Å². The van der Waals surface area contributed by atoms with Crippen molar-refractivity contribution < 1.29 is 9.53 Å². The Kier molecular flexibility index (Phi) is 4.68. The van der Waals surface area contributed by atoms with Crippen molar-refractivity contribution in [3.05, 3.63) is 17.5 Å². The molecule has 0 N–H and O–H groups in total. The van der Waals surface area contributed by atoms with E-state index in [2.05, 4.69) is 5.10 Å². The molecule has 0 amide bonds. The molecular formula is C12H20N2O2. The minimum atomic E-state index is -0.278. The van der Waals surface area contributed by atoms with E-state index in [9.17, 15) is 4.79 Å². The third-order valence-corrected chi connectivity index (χ3v) is 2.65. The molecule has 0 aliphatic rings. The zero-order valence-corrected chi connectivity index (χ0v) is 10.5. The summed E-state index contributed by atoms with van der Waals surface area (Å²) in [6, 6.07) is 1.94. The van der Waals surface area contributed by atoms with E-state index in [0.29, 0.717) is 6.42 Å². The highest BCUT2D eigenvalue weighted by atomic mass is 16.5. The molecule has 0 bridgehead atoms. The number of nitrogens with zero attached hydrogens (tertiary/aromatic N) is 2. The van der Waals surface area contributed by atoms with Crippen LogP contribution in [0.3, 0.4) is 0 Å². The molecule has 4 nitrogen and oxygen atoms in total. The van der Waals surface area contributed by atoms with Gasteiger partial charge in [-0.1, -0.05) is 13.3 Å². The molecule has 90 valence electrons. The fourth-order valence-electron chi connectivity index (χ4n) is 1.79. The first-order valence-corrected chi connectivity index (χ1v) is 5.63. The number of rotatable bonds is 6. The lowest BCUT2D eigenvalue weighted by Crippen LogP contribution is -2.25. The van der Waals surface area contributed by atoms with Gasteiger partial charge in [0.2, 0.25) is 0 Å². The smallest absolute Gasteiger partial charge is 0.167 e. The Labute approximate surface area is 96.6 Å². The molecule has 0 aromatic carbocycles.